The minimum absolute atomic E-state index is 0.173. The monoisotopic (exact) mass is 498 g/mol. The number of nitrogens with one attached hydrogen (secondary N) is 2. The summed E-state index contributed by atoms with van der Waals surface area (Å²) in [6.45, 7) is 2.87. The first-order valence-corrected chi connectivity index (χ1v) is 9.80. The summed E-state index contributed by atoms with van der Waals surface area (Å²) in [7, 11) is 1.69. The van der Waals surface area contributed by atoms with Gasteiger partial charge in [0.25, 0.3) is 5.91 Å². The average molecular weight is 499 g/mol. The highest BCUT2D eigenvalue weighted by molar-refractivity contribution is 9.10. The van der Waals surface area contributed by atoms with E-state index >= 15 is 0 Å². The molecular formula is C19H18BrF3N6O2. The molecule has 0 aliphatic heterocycles. The molecule has 12 heteroatoms. The van der Waals surface area contributed by atoms with E-state index in [1.165, 1.54) is 24.6 Å². The lowest BCUT2D eigenvalue weighted by atomic mass is 10.2. The van der Waals surface area contributed by atoms with Gasteiger partial charge in [-0.05, 0) is 54.0 Å². The number of anilines is 2. The third-order valence-corrected chi connectivity index (χ3v) is 5.38. The van der Waals surface area contributed by atoms with E-state index in [9.17, 15) is 22.8 Å². The summed E-state index contributed by atoms with van der Waals surface area (Å²) in [5.41, 5.74) is 0.0788. The number of hydrogen-bond donors (Lipinski definition) is 2. The molecule has 3 aromatic rings. The van der Waals surface area contributed by atoms with Crippen molar-refractivity contribution in [3.63, 3.8) is 0 Å². The number of nitrogens with zero attached hydrogens (tertiary/aromatic N) is 4. The molecule has 2 N–H and O–H groups in total. The number of carbonyl (C=O) groups excluding carboxylic acids is 2. The molecule has 0 bridgehead atoms. The largest absolute Gasteiger partial charge is 0.436 e. The van der Waals surface area contributed by atoms with Crippen molar-refractivity contribution in [2.75, 3.05) is 10.6 Å². The van der Waals surface area contributed by atoms with Crippen LogP contribution in [0.4, 0.5) is 24.5 Å². The van der Waals surface area contributed by atoms with Gasteiger partial charge in [0.05, 0.1) is 10.2 Å². The molecule has 1 unspecified atom stereocenters. The second kappa shape index (κ2) is 8.53. The predicted molar refractivity (Wildman–Crippen MR) is 111 cm³/mol. The van der Waals surface area contributed by atoms with E-state index in [1.807, 2.05) is 0 Å². The summed E-state index contributed by atoms with van der Waals surface area (Å²) in [5.74, 6) is -0.992. The lowest BCUT2D eigenvalue weighted by Crippen LogP contribution is -2.25. The molecule has 0 aliphatic rings. The van der Waals surface area contributed by atoms with E-state index in [0.717, 1.165) is 4.68 Å². The van der Waals surface area contributed by atoms with Crippen LogP contribution in [0.5, 0.6) is 0 Å². The van der Waals surface area contributed by atoms with Crippen LogP contribution in [-0.2, 0) is 18.0 Å². The van der Waals surface area contributed by atoms with Gasteiger partial charge in [0.2, 0.25) is 5.91 Å². The van der Waals surface area contributed by atoms with Crippen LogP contribution in [0.15, 0.2) is 41.0 Å². The fourth-order valence-corrected chi connectivity index (χ4v) is 3.31. The van der Waals surface area contributed by atoms with Gasteiger partial charge in [-0.2, -0.15) is 23.4 Å². The van der Waals surface area contributed by atoms with Crippen molar-refractivity contribution in [2.45, 2.75) is 26.1 Å². The minimum atomic E-state index is -4.65. The Labute approximate surface area is 183 Å². The molecule has 1 atom stereocenters. The molecule has 2 aromatic heterocycles. The lowest BCUT2D eigenvalue weighted by molar-refractivity contribution is -0.142. The topological polar surface area (TPSA) is 93.8 Å². The zero-order valence-corrected chi connectivity index (χ0v) is 18.2. The average Bonchev–Trinajstić information content (AvgIpc) is 3.25. The molecule has 1 aromatic carbocycles. The highest BCUT2D eigenvalue weighted by Gasteiger charge is 2.39. The predicted octanol–water partition coefficient (Wildman–Crippen LogP) is 4.16. The van der Waals surface area contributed by atoms with Crippen molar-refractivity contribution in [2.24, 2.45) is 7.05 Å². The number of aryl methyl sites for hydroxylation is 1. The summed E-state index contributed by atoms with van der Waals surface area (Å²) in [4.78, 5) is 24.8. The van der Waals surface area contributed by atoms with Crippen molar-refractivity contribution in [1.82, 2.24) is 19.6 Å². The van der Waals surface area contributed by atoms with E-state index in [2.05, 4.69) is 36.8 Å². The van der Waals surface area contributed by atoms with Gasteiger partial charge in [-0.25, -0.2) is 0 Å². The molecule has 8 nitrogen and oxygen atoms in total. The van der Waals surface area contributed by atoms with Crippen LogP contribution in [0.2, 0.25) is 0 Å². The maximum atomic E-state index is 13.1. The first-order valence-electron chi connectivity index (χ1n) is 9.01. The highest BCUT2D eigenvalue weighted by Crippen LogP contribution is 2.36. The van der Waals surface area contributed by atoms with Gasteiger partial charge in [-0.1, -0.05) is 6.07 Å². The Morgan fingerprint density at radius 1 is 1.13 bits per heavy atom. The number of hydrogen-bond acceptors (Lipinski definition) is 4. The Morgan fingerprint density at radius 2 is 1.77 bits per heavy atom. The fraction of sp³-hybridized carbons (Fsp3) is 0.263. The normalized spacial score (nSPS) is 12.5. The zero-order chi connectivity index (χ0) is 22.9. The number of carbonyl (C=O) groups is 2. The third kappa shape index (κ3) is 4.95. The standard InChI is InChI=1S/C19H18BrF3N6O2/c1-10-15(20)16(19(21,22)23)27-29(10)11(2)17(30)24-12-5-4-6-13(9-12)25-18(31)14-7-8-28(3)26-14/h4-9,11H,1-3H3,(H,24,30)(H,25,31). The Hall–Kier alpha value is -3.15. The van der Waals surface area contributed by atoms with Crippen molar-refractivity contribution < 1.29 is 22.8 Å². The molecule has 0 fully saturated rings. The highest BCUT2D eigenvalue weighted by atomic mass is 79.9. The molecule has 0 saturated carbocycles. The van der Waals surface area contributed by atoms with E-state index in [-0.39, 0.29) is 15.9 Å². The third-order valence-electron chi connectivity index (χ3n) is 4.43. The molecule has 0 saturated heterocycles. The molecule has 0 radical (unpaired) electrons. The first-order chi connectivity index (χ1) is 14.5. The summed E-state index contributed by atoms with van der Waals surface area (Å²) in [5, 5.41) is 12.9. The van der Waals surface area contributed by atoms with Gasteiger partial charge < -0.3 is 10.6 Å². The van der Waals surface area contributed by atoms with Gasteiger partial charge in [-0.3, -0.25) is 19.0 Å². The van der Waals surface area contributed by atoms with Crippen LogP contribution in [0.1, 0.15) is 34.8 Å². The summed E-state index contributed by atoms with van der Waals surface area (Å²) < 4.78 is 41.5. The molecule has 2 amide bonds. The summed E-state index contributed by atoms with van der Waals surface area (Å²) in [6.07, 6.45) is -3.02. The number of rotatable bonds is 5. The van der Waals surface area contributed by atoms with Crippen LogP contribution in [0.3, 0.4) is 0 Å². The Kier molecular flexibility index (Phi) is 6.20. The van der Waals surface area contributed by atoms with E-state index in [1.54, 1.807) is 37.5 Å². The van der Waals surface area contributed by atoms with E-state index in [4.69, 9.17) is 0 Å². The number of aromatic nitrogens is 4. The van der Waals surface area contributed by atoms with Crippen LogP contribution in [0, 0.1) is 6.92 Å². The maximum Gasteiger partial charge on any atom is 0.436 e. The Bertz CT molecular complexity index is 1140. The van der Waals surface area contributed by atoms with Gasteiger partial charge in [0.15, 0.2) is 11.4 Å². The number of halogens is 4. The van der Waals surface area contributed by atoms with Crippen molar-refractivity contribution in [3.05, 3.63) is 58.1 Å². The summed E-state index contributed by atoms with van der Waals surface area (Å²) >= 11 is 2.89. The molecule has 2 heterocycles. The second-order valence-electron chi connectivity index (χ2n) is 6.77. The van der Waals surface area contributed by atoms with Gasteiger partial charge in [0.1, 0.15) is 6.04 Å². The molecule has 0 spiro atoms. The molecule has 0 aliphatic carbocycles. The maximum absolute atomic E-state index is 13.1. The summed E-state index contributed by atoms with van der Waals surface area (Å²) in [6, 6.07) is 6.91. The lowest BCUT2D eigenvalue weighted by Gasteiger charge is -2.15. The van der Waals surface area contributed by atoms with Crippen LogP contribution in [0.25, 0.3) is 0 Å². The van der Waals surface area contributed by atoms with E-state index < -0.39 is 29.7 Å². The van der Waals surface area contributed by atoms with Crippen LogP contribution >= 0.6 is 15.9 Å². The van der Waals surface area contributed by atoms with Gasteiger partial charge >= 0.3 is 6.18 Å². The quantitative estimate of drug-likeness (QED) is 0.552. The second-order valence-corrected chi connectivity index (χ2v) is 7.56. The van der Waals surface area contributed by atoms with E-state index in [0.29, 0.717) is 11.4 Å². The number of alkyl halides is 3. The fourth-order valence-electron chi connectivity index (χ4n) is 2.82. The molecule has 31 heavy (non-hydrogen) atoms. The first kappa shape index (κ1) is 22.5. The number of benzene rings is 1. The zero-order valence-electron chi connectivity index (χ0n) is 16.7. The molecule has 164 valence electrons. The Balaban J connectivity index is 1.74. The smallest absolute Gasteiger partial charge is 0.324 e. The van der Waals surface area contributed by atoms with Crippen molar-refractivity contribution in [1.29, 1.82) is 0 Å². The van der Waals surface area contributed by atoms with Crippen LogP contribution < -0.4 is 10.6 Å². The van der Waals surface area contributed by atoms with Gasteiger partial charge in [-0.15, -0.1) is 0 Å². The van der Waals surface area contributed by atoms with Crippen molar-refractivity contribution >= 4 is 39.1 Å². The van der Waals surface area contributed by atoms with Crippen LogP contribution in [-0.4, -0.2) is 31.4 Å². The van der Waals surface area contributed by atoms with Crippen molar-refractivity contribution in [3.8, 4) is 0 Å². The molecular weight excluding hydrogens is 481 g/mol. The molecule has 3 rings (SSSR count). The number of amides is 2. The SMILES string of the molecule is Cc1c(Br)c(C(F)(F)F)nn1C(C)C(=O)Nc1cccc(NC(=O)c2ccn(C)n2)c1. The van der Waals surface area contributed by atoms with Gasteiger partial charge in [0, 0.05) is 24.6 Å². The Morgan fingerprint density at radius 3 is 2.32 bits per heavy atom. The minimum Gasteiger partial charge on any atom is -0.324 e.